The van der Waals surface area contributed by atoms with Gasteiger partial charge in [0.1, 0.15) is 11.8 Å². The molecule has 0 aliphatic rings. The Kier molecular flexibility index (Phi) is 4.86. The van der Waals surface area contributed by atoms with Crippen molar-refractivity contribution in [3.05, 3.63) is 29.8 Å². The number of aliphatic carboxylic acids is 1. The number of likely N-dealkylation sites (N-methyl/N-ethyl adjacent to an activating group) is 1. The van der Waals surface area contributed by atoms with Crippen LogP contribution in [0, 0.1) is 0 Å². The first-order valence-electron chi connectivity index (χ1n) is 5.06. The number of phosphoric acid groups is 1. The van der Waals surface area contributed by atoms with Crippen LogP contribution in [0.5, 0.6) is 5.75 Å². The van der Waals surface area contributed by atoms with Crippen LogP contribution >= 0.6 is 7.82 Å². The Hall–Kier alpha value is -1.40. The average molecular weight is 275 g/mol. The summed E-state index contributed by atoms with van der Waals surface area (Å²) in [4.78, 5) is 28.0. The summed E-state index contributed by atoms with van der Waals surface area (Å²) in [5, 5.41) is 11.5. The molecule has 0 radical (unpaired) electrons. The fourth-order valence-corrected chi connectivity index (χ4v) is 1.77. The predicted octanol–water partition coefficient (Wildman–Crippen LogP) is 0.373. The fourth-order valence-electron chi connectivity index (χ4n) is 1.37. The van der Waals surface area contributed by atoms with Gasteiger partial charge in [-0.1, -0.05) is 12.1 Å². The summed E-state index contributed by atoms with van der Waals surface area (Å²) in [6.07, 6.45) is 0.266. The second-order valence-corrected chi connectivity index (χ2v) is 4.77. The van der Waals surface area contributed by atoms with Crippen LogP contribution in [0.1, 0.15) is 5.56 Å². The van der Waals surface area contributed by atoms with Crippen molar-refractivity contribution in [3.8, 4) is 5.75 Å². The molecule has 100 valence electrons. The first-order valence-corrected chi connectivity index (χ1v) is 6.59. The summed E-state index contributed by atoms with van der Waals surface area (Å²) in [7, 11) is -3.01. The molecule has 0 aliphatic carbocycles. The molecule has 4 N–H and O–H groups in total. The van der Waals surface area contributed by atoms with E-state index in [9.17, 15) is 9.36 Å². The van der Waals surface area contributed by atoms with Gasteiger partial charge in [0.15, 0.2) is 0 Å². The lowest BCUT2D eigenvalue weighted by atomic mass is 10.1. The van der Waals surface area contributed by atoms with E-state index in [-0.39, 0.29) is 12.2 Å². The number of carboxylic acids is 1. The molecule has 0 unspecified atom stereocenters. The number of hydrogen-bond donors (Lipinski definition) is 4. The van der Waals surface area contributed by atoms with Crippen molar-refractivity contribution < 1.29 is 28.8 Å². The Bertz CT molecular complexity index is 454. The number of hydrogen-bond acceptors (Lipinski definition) is 4. The highest BCUT2D eigenvalue weighted by atomic mass is 31.2. The van der Waals surface area contributed by atoms with E-state index in [1.54, 1.807) is 19.2 Å². The molecule has 0 fully saturated rings. The van der Waals surface area contributed by atoms with Crippen LogP contribution in [-0.2, 0) is 15.8 Å². The smallest absolute Gasteiger partial charge is 0.480 e. The summed E-state index contributed by atoms with van der Waals surface area (Å²) in [6.45, 7) is 0. The zero-order valence-electron chi connectivity index (χ0n) is 9.61. The van der Waals surface area contributed by atoms with Crippen LogP contribution in [0.3, 0.4) is 0 Å². The molecule has 0 saturated heterocycles. The van der Waals surface area contributed by atoms with Crippen molar-refractivity contribution in [2.24, 2.45) is 0 Å². The van der Waals surface area contributed by atoms with Crippen molar-refractivity contribution in [1.82, 2.24) is 5.32 Å². The quantitative estimate of drug-likeness (QED) is 0.554. The maximum absolute atomic E-state index is 10.8. The average Bonchev–Trinajstić information content (AvgIpc) is 2.25. The van der Waals surface area contributed by atoms with Crippen LogP contribution in [-0.4, -0.2) is 34.0 Å². The van der Waals surface area contributed by atoms with Gasteiger partial charge in [0.25, 0.3) is 0 Å². The van der Waals surface area contributed by atoms with Gasteiger partial charge in [0, 0.05) is 0 Å². The standard InChI is InChI=1S/C10H14NO6P/c1-11-9(10(12)13)6-7-2-4-8(5-3-7)17-18(14,15)16/h2-5,9,11H,6H2,1H3,(H,12,13)(H2,14,15,16)/t9-/m0/s1. The van der Waals surface area contributed by atoms with Gasteiger partial charge in [0.05, 0.1) is 0 Å². The molecular weight excluding hydrogens is 261 g/mol. The van der Waals surface area contributed by atoms with Crippen LogP contribution in [0.4, 0.5) is 0 Å². The largest absolute Gasteiger partial charge is 0.524 e. The van der Waals surface area contributed by atoms with E-state index in [1.807, 2.05) is 0 Å². The van der Waals surface area contributed by atoms with E-state index < -0.39 is 19.8 Å². The van der Waals surface area contributed by atoms with E-state index in [1.165, 1.54) is 12.1 Å². The van der Waals surface area contributed by atoms with Gasteiger partial charge in [-0.2, -0.15) is 0 Å². The Morgan fingerprint density at radius 3 is 2.33 bits per heavy atom. The molecular formula is C10H14NO6P. The molecule has 0 spiro atoms. The number of carbonyl (C=O) groups is 1. The minimum Gasteiger partial charge on any atom is -0.480 e. The van der Waals surface area contributed by atoms with Crippen LogP contribution < -0.4 is 9.84 Å². The molecule has 0 aromatic heterocycles. The number of rotatable bonds is 6. The number of nitrogens with one attached hydrogen (secondary N) is 1. The van der Waals surface area contributed by atoms with E-state index >= 15 is 0 Å². The molecule has 1 atom stereocenters. The lowest BCUT2D eigenvalue weighted by molar-refractivity contribution is -0.139. The first-order chi connectivity index (χ1) is 8.31. The molecule has 0 aliphatic heterocycles. The van der Waals surface area contributed by atoms with Crippen molar-refractivity contribution >= 4 is 13.8 Å². The third-order valence-corrected chi connectivity index (χ3v) is 2.68. The minimum atomic E-state index is -4.56. The highest BCUT2D eigenvalue weighted by molar-refractivity contribution is 7.46. The Balaban J connectivity index is 2.71. The normalized spacial score (nSPS) is 13.1. The molecule has 0 saturated carbocycles. The van der Waals surface area contributed by atoms with Gasteiger partial charge in [0.2, 0.25) is 0 Å². The summed E-state index contributed by atoms with van der Waals surface area (Å²) >= 11 is 0. The van der Waals surface area contributed by atoms with Gasteiger partial charge >= 0.3 is 13.8 Å². The molecule has 8 heteroatoms. The van der Waals surface area contributed by atoms with Gasteiger partial charge in [-0.05, 0) is 31.2 Å². The van der Waals surface area contributed by atoms with Crippen molar-refractivity contribution in [2.45, 2.75) is 12.5 Å². The van der Waals surface area contributed by atoms with Gasteiger partial charge in [-0.25, -0.2) is 4.57 Å². The van der Waals surface area contributed by atoms with Crippen molar-refractivity contribution in [3.63, 3.8) is 0 Å². The summed E-state index contributed by atoms with van der Waals surface area (Å²) in [5.74, 6) is -0.934. The predicted molar refractivity (Wildman–Crippen MR) is 63.3 cm³/mol. The van der Waals surface area contributed by atoms with E-state index in [0.29, 0.717) is 0 Å². The second-order valence-electron chi connectivity index (χ2n) is 3.61. The van der Waals surface area contributed by atoms with Gasteiger partial charge < -0.3 is 14.9 Å². The number of carboxylic acid groups (broad SMARTS) is 1. The molecule has 7 nitrogen and oxygen atoms in total. The molecule has 0 heterocycles. The fraction of sp³-hybridized carbons (Fsp3) is 0.300. The molecule has 1 aromatic rings. The zero-order valence-corrected chi connectivity index (χ0v) is 10.5. The lowest BCUT2D eigenvalue weighted by Gasteiger charge is -2.11. The highest BCUT2D eigenvalue weighted by Crippen LogP contribution is 2.37. The zero-order chi connectivity index (χ0) is 13.8. The maximum Gasteiger partial charge on any atom is 0.524 e. The summed E-state index contributed by atoms with van der Waals surface area (Å²) < 4.78 is 15.0. The Morgan fingerprint density at radius 2 is 1.94 bits per heavy atom. The van der Waals surface area contributed by atoms with E-state index in [2.05, 4.69) is 9.84 Å². The molecule has 1 rings (SSSR count). The Labute approximate surface area is 104 Å². The maximum atomic E-state index is 10.8. The minimum absolute atomic E-state index is 0.0309. The Morgan fingerprint density at radius 1 is 1.39 bits per heavy atom. The van der Waals surface area contributed by atoms with Crippen LogP contribution in [0.15, 0.2) is 24.3 Å². The summed E-state index contributed by atoms with van der Waals surface area (Å²) in [6, 6.07) is 5.15. The molecule has 18 heavy (non-hydrogen) atoms. The number of benzene rings is 1. The van der Waals surface area contributed by atoms with E-state index in [4.69, 9.17) is 14.9 Å². The first kappa shape index (κ1) is 14.7. The van der Waals surface area contributed by atoms with Gasteiger partial charge in [-0.15, -0.1) is 0 Å². The van der Waals surface area contributed by atoms with Crippen molar-refractivity contribution in [2.75, 3.05) is 7.05 Å². The second kappa shape index (κ2) is 5.97. The topological polar surface area (TPSA) is 116 Å². The molecule has 0 bridgehead atoms. The SMILES string of the molecule is CN[C@@H](Cc1ccc(OP(=O)(O)O)cc1)C(=O)O. The monoisotopic (exact) mass is 275 g/mol. The molecule has 0 amide bonds. The van der Waals surface area contributed by atoms with E-state index in [0.717, 1.165) is 5.56 Å². The van der Waals surface area contributed by atoms with Gasteiger partial charge in [-0.3, -0.25) is 14.6 Å². The number of phosphoric ester groups is 1. The highest BCUT2D eigenvalue weighted by Gasteiger charge is 2.17. The summed E-state index contributed by atoms with van der Waals surface area (Å²) in [5.41, 5.74) is 0.717. The third kappa shape index (κ3) is 4.85. The molecule has 1 aromatic carbocycles. The third-order valence-electron chi connectivity index (χ3n) is 2.23. The van der Waals surface area contributed by atoms with Crippen LogP contribution in [0.2, 0.25) is 0 Å². The van der Waals surface area contributed by atoms with Crippen molar-refractivity contribution in [1.29, 1.82) is 0 Å². The van der Waals surface area contributed by atoms with Crippen LogP contribution in [0.25, 0.3) is 0 Å². The lowest BCUT2D eigenvalue weighted by Crippen LogP contribution is -2.35.